The van der Waals surface area contributed by atoms with E-state index in [-0.39, 0.29) is 23.8 Å². The fraction of sp³-hybridized carbons (Fsp3) is 0.700. The predicted octanol–water partition coefficient (Wildman–Crippen LogP) is 6.22. The van der Waals surface area contributed by atoms with Gasteiger partial charge < -0.3 is 20.3 Å². The van der Waals surface area contributed by atoms with Crippen LogP contribution in [0.2, 0.25) is 0 Å². The summed E-state index contributed by atoms with van der Waals surface area (Å²) in [5.41, 5.74) is 1.37. The molecule has 0 heterocycles. The van der Waals surface area contributed by atoms with Crippen LogP contribution >= 0.6 is 0 Å². The molecule has 1 aromatic carbocycles. The Bertz CT molecular complexity index is 930. The summed E-state index contributed by atoms with van der Waals surface area (Å²) < 4.78 is 5.48. The second-order valence-corrected chi connectivity index (χ2v) is 12.3. The molecule has 4 unspecified atom stereocenters. The number of benzene rings is 1. The predicted molar refractivity (Wildman–Crippen MR) is 150 cm³/mol. The second-order valence-electron chi connectivity index (χ2n) is 12.3. The second kappa shape index (κ2) is 13.3. The van der Waals surface area contributed by atoms with Gasteiger partial charge in [-0.2, -0.15) is 0 Å². The van der Waals surface area contributed by atoms with Gasteiger partial charge in [-0.1, -0.05) is 57.4 Å². The van der Waals surface area contributed by atoms with Crippen molar-refractivity contribution in [3.05, 3.63) is 34.9 Å². The number of nitrogens with one attached hydrogen (secondary N) is 2. The lowest BCUT2D eigenvalue weighted by molar-refractivity contribution is -0.149. The SMILES string of the molecule is CCCC(C)NC(=O)C(c1ccc(C)cc1C)N(C(=O)C(NC(=O)OC(C)(C)C)C(C)CC)C(C)(C)C. The highest BCUT2D eigenvalue weighted by atomic mass is 16.6. The first-order valence-corrected chi connectivity index (χ1v) is 13.6. The number of carbonyl (C=O) groups excluding carboxylic acids is 3. The van der Waals surface area contributed by atoms with Gasteiger partial charge in [-0.3, -0.25) is 9.59 Å². The Hall–Kier alpha value is -2.57. The molecular formula is C30H51N3O4. The molecule has 1 rings (SSSR count). The van der Waals surface area contributed by atoms with Gasteiger partial charge in [0.25, 0.3) is 0 Å². The first-order chi connectivity index (χ1) is 16.9. The maximum absolute atomic E-state index is 14.4. The van der Waals surface area contributed by atoms with Crippen molar-refractivity contribution < 1.29 is 19.1 Å². The zero-order valence-corrected chi connectivity index (χ0v) is 25.2. The number of ether oxygens (including phenoxy) is 1. The van der Waals surface area contributed by atoms with E-state index < -0.39 is 29.3 Å². The van der Waals surface area contributed by atoms with Crippen LogP contribution in [0.25, 0.3) is 0 Å². The molecule has 0 radical (unpaired) electrons. The molecule has 2 N–H and O–H groups in total. The fourth-order valence-corrected chi connectivity index (χ4v) is 4.47. The topological polar surface area (TPSA) is 87.7 Å². The van der Waals surface area contributed by atoms with Gasteiger partial charge in [-0.05, 0) is 85.8 Å². The maximum atomic E-state index is 14.4. The molecule has 4 atom stereocenters. The normalized spacial score (nSPS) is 15.2. The highest BCUT2D eigenvalue weighted by Gasteiger charge is 2.43. The minimum absolute atomic E-state index is 0.0343. The van der Waals surface area contributed by atoms with Gasteiger partial charge in [0.1, 0.15) is 17.7 Å². The third-order valence-corrected chi connectivity index (χ3v) is 6.45. The molecule has 0 aliphatic heterocycles. The lowest BCUT2D eigenvalue weighted by atomic mass is 9.89. The van der Waals surface area contributed by atoms with Crippen LogP contribution in [0, 0.1) is 19.8 Å². The van der Waals surface area contributed by atoms with Gasteiger partial charge in [0, 0.05) is 11.6 Å². The average molecular weight is 518 g/mol. The van der Waals surface area contributed by atoms with Crippen LogP contribution < -0.4 is 10.6 Å². The van der Waals surface area contributed by atoms with Gasteiger partial charge in [0.05, 0.1) is 0 Å². The maximum Gasteiger partial charge on any atom is 0.408 e. The summed E-state index contributed by atoms with van der Waals surface area (Å²) in [6, 6.07) is 4.18. The van der Waals surface area contributed by atoms with Crippen molar-refractivity contribution in [2.45, 2.75) is 132 Å². The van der Waals surface area contributed by atoms with Crippen LogP contribution in [0.5, 0.6) is 0 Å². The summed E-state index contributed by atoms with van der Waals surface area (Å²) in [4.78, 5) is 42.7. The molecule has 0 aromatic heterocycles. The minimum Gasteiger partial charge on any atom is -0.444 e. The molecule has 0 bridgehead atoms. The van der Waals surface area contributed by atoms with Crippen LogP contribution in [0.15, 0.2) is 18.2 Å². The number of alkyl carbamates (subject to hydrolysis) is 1. The number of nitrogens with zero attached hydrogens (tertiary/aromatic N) is 1. The largest absolute Gasteiger partial charge is 0.444 e. The van der Waals surface area contributed by atoms with Gasteiger partial charge in [0.2, 0.25) is 11.8 Å². The molecule has 0 fully saturated rings. The number of aryl methyl sites for hydroxylation is 2. The summed E-state index contributed by atoms with van der Waals surface area (Å²) in [6.07, 6.45) is 1.79. The Morgan fingerprint density at radius 2 is 1.57 bits per heavy atom. The van der Waals surface area contributed by atoms with E-state index in [0.717, 1.165) is 29.5 Å². The summed E-state index contributed by atoms with van der Waals surface area (Å²) in [5, 5.41) is 5.96. The van der Waals surface area contributed by atoms with Crippen LogP contribution in [0.4, 0.5) is 4.79 Å². The monoisotopic (exact) mass is 517 g/mol. The number of amides is 3. The lowest BCUT2D eigenvalue weighted by Gasteiger charge is -2.44. The van der Waals surface area contributed by atoms with Crippen LogP contribution in [0.3, 0.4) is 0 Å². The standard InChI is InChI=1S/C30H51N3O4/c1-13-15-22(6)31-26(34)25(23-17-16-19(3)18-21(23)5)33(29(7,8)9)27(35)24(20(4)14-2)32-28(36)37-30(10,11)12/h16-18,20,22,24-25H,13-15H2,1-12H3,(H,31,34)(H,32,36). The van der Waals surface area contributed by atoms with E-state index >= 15 is 0 Å². The van der Waals surface area contributed by atoms with Crippen LogP contribution in [-0.4, -0.2) is 46.0 Å². The van der Waals surface area contributed by atoms with E-state index in [1.54, 1.807) is 25.7 Å². The fourth-order valence-electron chi connectivity index (χ4n) is 4.47. The zero-order valence-electron chi connectivity index (χ0n) is 25.2. The van der Waals surface area contributed by atoms with Crippen molar-refractivity contribution in [1.29, 1.82) is 0 Å². The van der Waals surface area contributed by atoms with E-state index in [4.69, 9.17) is 4.74 Å². The minimum atomic E-state index is -0.862. The van der Waals surface area contributed by atoms with Crippen molar-refractivity contribution in [1.82, 2.24) is 15.5 Å². The van der Waals surface area contributed by atoms with Crippen molar-refractivity contribution in [3.8, 4) is 0 Å². The number of hydrogen-bond acceptors (Lipinski definition) is 4. The molecular weight excluding hydrogens is 466 g/mol. The van der Waals surface area contributed by atoms with E-state index in [1.807, 2.05) is 73.6 Å². The Kier molecular flexibility index (Phi) is 11.7. The van der Waals surface area contributed by atoms with E-state index in [0.29, 0.717) is 6.42 Å². The van der Waals surface area contributed by atoms with Crippen molar-refractivity contribution in [2.24, 2.45) is 5.92 Å². The molecule has 7 heteroatoms. The molecule has 210 valence electrons. The molecule has 0 saturated heterocycles. The van der Waals surface area contributed by atoms with Gasteiger partial charge >= 0.3 is 6.09 Å². The van der Waals surface area contributed by atoms with E-state index in [2.05, 4.69) is 17.6 Å². The third kappa shape index (κ3) is 9.67. The Labute approximate surface area is 225 Å². The van der Waals surface area contributed by atoms with Gasteiger partial charge in [-0.15, -0.1) is 0 Å². The van der Waals surface area contributed by atoms with Crippen LogP contribution in [0.1, 0.15) is 111 Å². The van der Waals surface area contributed by atoms with E-state index in [9.17, 15) is 14.4 Å². The van der Waals surface area contributed by atoms with Crippen LogP contribution in [-0.2, 0) is 14.3 Å². The smallest absolute Gasteiger partial charge is 0.408 e. The molecule has 37 heavy (non-hydrogen) atoms. The molecule has 0 aliphatic carbocycles. The summed E-state index contributed by atoms with van der Waals surface area (Å²) in [6.45, 7) is 23.1. The number of carbonyl (C=O) groups is 3. The van der Waals surface area contributed by atoms with Gasteiger partial charge in [-0.25, -0.2) is 4.79 Å². The Morgan fingerprint density at radius 1 is 0.973 bits per heavy atom. The Balaban J connectivity index is 3.67. The quantitative estimate of drug-likeness (QED) is 0.386. The number of rotatable bonds is 10. The van der Waals surface area contributed by atoms with Gasteiger partial charge in [0.15, 0.2) is 0 Å². The summed E-state index contributed by atoms with van der Waals surface area (Å²) in [7, 11) is 0. The highest BCUT2D eigenvalue weighted by Crippen LogP contribution is 2.33. The zero-order chi connectivity index (χ0) is 28.7. The molecule has 0 spiro atoms. The highest BCUT2D eigenvalue weighted by molar-refractivity contribution is 5.93. The van der Waals surface area contributed by atoms with Crippen molar-refractivity contribution in [3.63, 3.8) is 0 Å². The first kappa shape index (κ1) is 32.5. The number of hydrogen-bond donors (Lipinski definition) is 2. The van der Waals surface area contributed by atoms with Crippen molar-refractivity contribution in [2.75, 3.05) is 0 Å². The molecule has 3 amide bonds. The molecule has 7 nitrogen and oxygen atoms in total. The summed E-state index contributed by atoms with van der Waals surface area (Å²) in [5.74, 6) is -0.709. The Morgan fingerprint density at radius 3 is 2.03 bits per heavy atom. The van der Waals surface area contributed by atoms with Crippen molar-refractivity contribution >= 4 is 17.9 Å². The molecule has 0 saturated carbocycles. The first-order valence-electron chi connectivity index (χ1n) is 13.6. The van der Waals surface area contributed by atoms with E-state index in [1.165, 1.54) is 0 Å². The molecule has 0 aliphatic rings. The lowest BCUT2D eigenvalue weighted by Crippen LogP contribution is -2.60. The summed E-state index contributed by atoms with van der Waals surface area (Å²) >= 11 is 0. The third-order valence-electron chi connectivity index (χ3n) is 6.45. The average Bonchev–Trinajstić information content (AvgIpc) is 2.73. The molecule has 1 aromatic rings.